The van der Waals surface area contributed by atoms with Gasteiger partial charge >= 0.3 is 18.1 Å². The number of hydrogen-bond acceptors (Lipinski definition) is 8. The Kier molecular flexibility index (Phi) is 11.9. The SMILES string of the molecule is COc1ccc(Nc2ccc(N(C)c3ccc(C(F)(F)F)cc3)cc2C)c(C(=O)Oc2ccc(C(=O)O)c(Nc3ccc(Oc4ccc(C56CC7CC(C)(CC(C)(C7)C5)C6)cc4Cl)cc3C)c2)c1. The monoisotopic (exact) mass is 943 g/mol. The number of rotatable bonds is 13. The van der Waals surface area contributed by atoms with Gasteiger partial charge in [-0.3, -0.25) is 0 Å². The van der Waals surface area contributed by atoms with Gasteiger partial charge in [0, 0.05) is 35.9 Å². The number of ether oxygens (including phenoxy) is 3. The first kappa shape index (κ1) is 46.5. The van der Waals surface area contributed by atoms with Crippen LogP contribution in [0, 0.1) is 30.6 Å². The van der Waals surface area contributed by atoms with Gasteiger partial charge in [0.05, 0.1) is 40.2 Å². The predicted molar refractivity (Wildman–Crippen MR) is 260 cm³/mol. The van der Waals surface area contributed by atoms with Crippen LogP contribution in [0.3, 0.4) is 0 Å². The van der Waals surface area contributed by atoms with Crippen molar-refractivity contribution in [2.75, 3.05) is 29.7 Å². The second kappa shape index (κ2) is 17.5. The van der Waals surface area contributed by atoms with Gasteiger partial charge in [0.25, 0.3) is 0 Å². The van der Waals surface area contributed by atoms with Crippen molar-refractivity contribution >= 4 is 57.7 Å². The fraction of sp³-hybridized carbons (Fsp3) is 0.309. The average molecular weight is 944 g/mol. The Morgan fingerprint density at radius 2 is 1.31 bits per heavy atom. The van der Waals surface area contributed by atoms with Gasteiger partial charge in [-0.15, -0.1) is 0 Å². The number of aromatic carboxylic acids is 1. The summed E-state index contributed by atoms with van der Waals surface area (Å²) in [5, 5.41) is 17.2. The van der Waals surface area contributed by atoms with Crippen LogP contribution in [-0.4, -0.2) is 31.2 Å². The molecule has 4 aliphatic carbocycles. The molecule has 68 heavy (non-hydrogen) atoms. The molecule has 0 aromatic heterocycles. The molecule has 10 rings (SSSR count). The van der Waals surface area contributed by atoms with Gasteiger partial charge in [-0.1, -0.05) is 31.5 Å². The lowest BCUT2D eigenvalue weighted by atomic mass is 9.39. The van der Waals surface area contributed by atoms with Crippen LogP contribution in [0.5, 0.6) is 23.0 Å². The molecule has 4 fully saturated rings. The number of hydrogen-bond donors (Lipinski definition) is 3. The molecule has 6 aromatic rings. The highest BCUT2D eigenvalue weighted by Gasteiger charge is 2.60. The number of methoxy groups -OCH3 is 1. The first-order valence-electron chi connectivity index (χ1n) is 22.6. The zero-order valence-electron chi connectivity index (χ0n) is 38.7. The zero-order valence-corrected chi connectivity index (χ0v) is 39.5. The number of carbonyl (C=O) groups excluding carboxylic acids is 1. The molecule has 2 unspecified atom stereocenters. The fourth-order valence-corrected chi connectivity index (χ4v) is 12.1. The molecule has 4 saturated carbocycles. The largest absolute Gasteiger partial charge is 0.497 e. The Labute approximate surface area is 399 Å². The first-order valence-corrected chi connectivity index (χ1v) is 23.0. The lowest BCUT2D eigenvalue weighted by Gasteiger charge is -2.65. The summed E-state index contributed by atoms with van der Waals surface area (Å²) in [6, 6.07) is 31.3. The summed E-state index contributed by atoms with van der Waals surface area (Å²) in [4.78, 5) is 28.1. The Morgan fingerprint density at radius 1 is 0.691 bits per heavy atom. The molecule has 0 aliphatic heterocycles. The molecule has 0 radical (unpaired) electrons. The summed E-state index contributed by atoms with van der Waals surface area (Å²) < 4.78 is 57.1. The standard InChI is InChI=1S/C55H53ClF3N3O6/c1-32-21-38(62(5)37-10-7-35(8-11-37)55(57,58)59)12-17-45(32)60-47-19-14-39(66-6)24-43(47)51(65)68-41-13-16-42(50(63)64)48(25-41)61-46-18-15-40(22-33(46)2)67-49-20-9-36(23-44(49)56)54-28-34-26-52(3,30-54)29-53(4,27-34)31-54/h7-25,34,60-61H,26-31H2,1-6H3,(H,63,64). The van der Waals surface area contributed by atoms with Gasteiger partial charge in [0.1, 0.15) is 23.0 Å². The molecular formula is C55H53ClF3N3O6. The van der Waals surface area contributed by atoms with Crippen LogP contribution in [0.4, 0.5) is 47.3 Å². The molecule has 2 atom stereocenters. The van der Waals surface area contributed by atoms with Gasteiger partial charge in [-0.2, -0.15) is 13.2 Å². The third-order valence-electron chi connectivity index (χ3n) is 14.2. The van der Waals surface area contributed by atoms with E-state index < -0.39 is 23.7 Å². The predicted octanol–water partition coefficient (Wildman–Crippen LogP) is 15.2. The Morgan fingerprint density at radius 3 is 1.93 bits per heavy atom. The van der Waals surface area contributed by atoms with Crippen molar-refractivity contribution in [3.63, 3.8) is 0 Å². The maximum atomic E-state index is 13.9. The van der Waals surface area contributed by atoms with E-state index in [1.165, 1.54) is 87.6 Å². The highest BCUT2D eigenvalue weighted by atomic mass is 35.5. The smallest absolute Gasteiger partial charge is 0.416 e. The third kappa shape index (κ3) is 9.30. The second-order valence-electron chi connectivity index (χ2n) is 19.8. The van der Waals surface area contributed by atoms with Crippen LogP contribution in [-0.2, 0) is 11.6 Å². The number of carboxylic acid groups (broad SMARTS) is 1. The maximum absolute atomic E-state index is 13.9. The number of aryl methyl sites for hydroxylation is 2. The molecule has 0 spiro atoms. The molecule has 9 nitrogen and oxygen atoms in total. The van der Waals surface area contributed by atoms with E-state index in [0.29, 0.717) is 55.9 Å². The fourth-order valence-electron chi connectivity index (χ4n) is 11.9. The number of nitrogens with zero attached hydrogens (tertiary/aromatic N) is 1. The quantitative estimate of drug-likeness (QED) is 0.0770. The van der Waals surface area contributed by atoms with E-state index in [0.717, 1.165) is 34.9 Å². The molecule has 0 amide bonds. The number of alkyl halides is 3. The minimum atomic E-state index is -4.43. The summed E-state index contributed by atoms with van der Waals surface area (Å²) in [5.41, 5.74) is 6.34. The summed E-state index contributed by atoms with van der Waals surface area (Å²) in [7, 11) is 3.24. The summed E-state index contributed by atoms with van der Waals surface area (Å²) >= 11 is 6.95. The Hall–Kier alpha value is -6.66. The van der Waals surface area contributed by atoms with Crippen LogP contribution in [0.1, 0.15) is 95.3 Å². The maximum Gasteiger partial charge on any atom is 0.416 e. The number of halogens is 4. The molecule has 4 aliphatic rings. The van der Waals surface area contributed by atoms with Crippen molar-refractivity contribution in [1.29, 1.82) is 0 Å². The van der Waals surface area contributed by atoms with Crippen molar-refractivity contribution in [3.8, 4) is 23.0 Å². The zero-order chi connectivity index (χ0) is 48.3. The molecular weight excluding hydrogens is 891 g/mol. The lowest BCUT2D eigenvalue weighted by Crippen LogP contribution is -2.56. The second-order valence-corrected chi connectivity index (χ2v) is 20.2. The highest BCUT2D eigenvalue weighted by Crippen LogP contribution is 2.70. The van der Waals surface area contributed by atoms with Crippen molar-refractivity contribution < 1.29 is 42.1 Å². The normalized spacial score (nSPS) is 21.5. The van der Waals surface area contributed by atoms with Gasteiger partial charge in [0.15, 0.2) is 0 Å². The van der Waals surface area contributed by atoms with Gasteiger partial charge < -0.3 is 34.9 Å². The van der Waals surface area contributed by atoms with Crippen LogP contribution in [0.2, 0.25) is 5.02 Å². The van der Waals surface area contributed by atoms with Crippen molar-refractivity contribution in [2.24, 2.45) is 16.7 Å². The highest BCUT2D eigenvalue weighted by molar-refractivity contribution is 6.32. The Balaban J connectivity index is 0.895. The minimum Gasteiger partial charge on any atom is -0.497 e. The number of carbonyl (C=O) groups is 2. The van der Waals surface area contributed by atoms with E-state index in [9.17, 15) is 27.9 Å². The third-order valence-corrected chi connectivity index (χ3v) is 14.5. The summed E-state index contributed by atoms with van der Waals surface area (Å²) in [6.07, 6.45) is 3.14. The van der Waals surface area contributed by atoms with Gasteiger partial charge in [-0.25, -0.2) is 9.59 Å². The van der Waals surface area contributed by atoms with E-state index in [1.807, 2.05) is 44.2 Å². The van der Waals surface area contributed by atoms with Crippen LogP contribution >= 0.6 is 11.6 Å². The van der Waals surface area contributed by atoms with Crippen molar-refractivity contribution in [3.05, 3.63) is 154 Å². The van der Waals surface area contributed by atoms with Crippen molar-refractivity contribution in [1.82, 2.24) is 0 Å². The molecule has 0 saturated heterocycles. The molecule has 4 bridgehead atoms. The number of nitrogens with one attached hydrogen (secondary N) is 2. The van der Waals surface area contributed by atoms with Crippen molar-refractivity contribution in [2.45, 2.75) is 77.8 Å². The van der Waals surface area contributed by atoms with E-state index >= 15 is 0 Å². The van der Waals surface area contributed by atoms with Gasteiger partial charge in [0.2, 0.25) is 0 Å². The number of esters is 1. The molecule has 352 valence electrons. The topological polar surface area (TPSA) is 109 Å². The first-order chi connectivity index (χ1) is 32.2. The number of benzene rings is 6. The average Bonchev–Trinajstić information content (AvgIpc) is 3.27. The number of carboxylic acids is 1. The van der Waals surface area contributed by atoms with Crippen LogP contribution in [0.15, 0.2) is 115 Å². The minimum absolute atomic E-state index is 0.0370. The van der Waals surface area contributed by atoms with E-state index in [-0.39, 0.29) is 28.0 Å². The van der Waals surface area contributed by atoms with Crippen LogP contribution < -0.4 is 29.7 Å². The molecule has 13 heteroatoms. The number of anilines is 6. The van der Waals surface area contributed by atoms with Crippen LogP contribution in [0.25, 0.3) is 0 Å². The van der Waals surface area contributed by atoms with E-state index in [1.54, 1.807) is 36.2 Å². The molecule has 3 N–H and O–H groups in total. The van der Waals surface area contributed by atoms with Gasteiger partial charge in [-0.05, 0) is 194 Å². The van der Waals surface area contributed by atoms with E-state index in [4.69, 9.17) is 25.8 Å². The lowest BCUT2D eigenvalue weighted by molar-refractivity contribution is -0.137. The summed E-state index contributed by atoms with van der Waals surface area (Å²) in [6.45, 7) is 8.69. The Bertz CT molecular complexity index is 2940. The summed E-state index contributed by atoms with van der Waals surface area (Å²) in [5.74, 6) is 0.475. The molecule has 0 heterocycles. The van der Waals surface area contributed by atoms with E-state index in [2.05, 4.69) is 36.6 Å². The molecule has 6 aromatic carbocycles.